The number of aliphatic hydroxyl groups excluding tert-OH is 1. The lowest BCUT2D eigenvalue weighted by atomic mass is 9.78. The molecule has 1 fully saturated rings. The Morgan fingerprint density at radius 2 is 2.13 bits per heavy atom. The van der Waals surface area contributed by atoms with E-state index in [9.17, 15) is 5.11 Å². The van der Waals surface area contributed by atoms with Gasteiger partial charge in [-0.3, -0.25) is 0 Å². The highest BCUT2D eigenvalue weighted by Crippen LogP contribution is 2.35. The molecule has 3 atom stereocenters. The van der Waals surface area contributed by atoms with Gasteiger partial charge in [-0.25, -0.2) is 0 Å². The molecule has 0 amide bonds. The first kappa shape index (κ1) is 12.5. The third-order valence-corrected chi connectivity index (χ3v) is 3.26. The lowest BCUT2D eigenvalue weighted by Crippen LogP contribution is -2.38. The van der Waals surface area contributed by atoms with Gasteiger partial charge in [-0.15, -0.1) is 0 Å². The van der Waals surface area contributed by atoms with E-state index in [4.69, 9.17) is 10.00 Å². The standard InChI is InChI=1S/C12H21NO2/c1-9(14)10(2)15-12(3,8-13)7-11-5-4-6-11/h9-11,14H,4-7H2,1-3H3. The molecule has 15 heavy (non-hydrogen) atoms. The van der Waals surface area contributed by atoms with E-state index in [0.717, 1.165) is 6.42 Å². The number of aliphatic hydroxyl groups is 1. The Morgan fingerprint density at radius 1 is 1.53 bits per heavy atom. The summed E-state index contributed by atoms with van der Waals surface area (Å²) in [6.07, 6.45) is 3.68. The van der Waals surface area contributed by atoms with Gasteiger partial charge in [0.25, 0.3) is 0 Å². The van der Waals surface area contributed by atoms with Crippen molar-refractivity contribution in [3.63, 3.8) is 0 Å². The van der Waals surface area contributed by atoms with E-state index >= 15 is 0 Å². The fourth-order valence-corrected chi connectivity index (χ4v) is 1.88. The Morgan fingerprint density at radius 3 is 2.47 bits per heavy atom. The zero-order chi connectivity index (χ0) is 11.5. The van der Waals surface area contributed by atoms with E-state index in [1.807, 2.05) is 6.92 Å². The lowest BCUT2D eigenvalue weighted by molar-refractivity contribution is -0.0992. The number of nitrogens with zero attached hydrogens (tertiary/aromatic N) is 1. The van der Waals surface area contributed by atoms with Gasteiger partial charge in [-0.1, -0.05) is 19.3 Å². The van der Waals surface area contributed by atoms with Crippen LogP contribution in [0.4, 0.5) is 0 Å². The van der Waals surface area contributed by atoms with Crippen molar-refractivity contribution in [1.82, 2.24) is 0 Å². The fourth-order valence-electron chi connectivity index (χ4n) is 1.88. The van der Waals surface area contributed by atoms with Crippen LogP contribution in [0.3, 0.4) is 0 Å². The second-order valence-corrected chi connectivity index (χ2v) is 4.91. The third-order valence-electron chi connectivity index (χ3n) is 3.26. The summed E-state index contributed by atoms with van der Waals surface area (Å²) in [6, 6.07) is 2.23. The summed E-state index contributed by atoms with van der Waals surface area (Å²) in [5.74, 6) is 0.635. The van der Waals surface area contributed by atoms with Crippen molar-refractivity contribution in [3.8, 4) is 6.07 Å². The van der Waals surface area contributed by atoms with Crippen LogP contribution in [0, 0.1) is 17.2 Å². The SMILES string of the molecule is CC(O)C(C)OC(C)(C#N)CC1CCC1. The van der Waals surface area contributed by atoms with Crippen molar-refractivity contribution in [2.45, 2.75) is 64.3 Å². The molecule has 0 bridgehead atoms. The molecule has 0 aromatic carbocycles. The molecule has 3 nitrogen and oxygen atoms in total. The highest BCUT2D eigenvalue weighted by atomic mass is 16.5. The van der Waals surface area contributed by atoms with Crippen LogP contribution < -0.4 is 0 Å². The first-order chi connectivity index (χ1) is 6.97. The van der Waals surface area contributed by atoms with Gasteiger partial charge in [0.15, 0.2) is 5.60 Å². The molecule has 1 saturated carbocycles. The molecule has 86 valence electrons. The van der Waals surface area contributed by atoms with Gasteiger partial charge in [0, 0.05) is 0 Å². The van der Waals surface area contributed by atoms with Crippen LogP contribution in [-0.2, 0) is 4.74 Å². The van der Waals surface area contributed by atoms with Crippen LogP contribution in [0.2, 0.25) is 0 Å². The molecule has 0 aromatic heterocycles. The summed E-state index contributed by atoms with van der Waals surface area (Å²) < 4.78 is 5.64. The van der Waals surface area contributed by atoms with Crippen molar-refractivity contribution in [3.05, 3.63) is 0 Å². The van der Waals surface area contributed by atoms with E-state index < -0.39 is 11.7 Å². The highest BCUT2D eigenvalue weighted by molar-refractivity contribution is 5.01. The first-order valence-corrected chi connectivity index (χ1v) is 5.74. The van der Waals surface area contributed by atoms with E-state index in [1.54, 1.807) is 13.8 Å². The molecule has 0 aliphatic heterocycles. The van der Waals surface area contributed by atoms with Crippen molar-refractivity contribution in [2.24, 2.45) is 5.92 Å². The summed E-state index contributed by atoms with van der Waals surface area (Å²) in [6.45, 7) is 5.32. The Labute approximate surface area is 92.0 Å². The summed E-state index contributed by atoms with van der Waals surface area (Å²) in [4.78, 5) is 0. The molecule has 3 heteroatoms. The number of hydrogen-bond donors (Lipinski definition) is 1. The summed E-state index contributed by atoms with van der Waals surface area (Å²) >= 11 is 0. The molecule has 1 rings (SSSR count). The Bertz CT molecular complexity index is 242. The summed E-state index contributed by atoms with van der Waals surface area (Å²) in [5, 5.41) is 18.5. The van der Waals surface area contributed by atoms with Crippen LogP contribution in [0.15, 0.2) is 0 Å². The van der Waals surface area contributed by atoms with Gasteiger partial charge in [-0.2, -0.15) is 5.26 Å². The van der Waals surface area contributed by atoms with Crippen molar-refractivity contribution >= 4 is 0 Å². The maximum Gasteiger partial charge on any atom is 0.152 e. The maximum absolute atomic E-state index is 9.35. The third kappa shape index (κ3) is 3.48. The smallest absolute Gasteiger partial charge is 0.152 e. The molecule has 0 radical (unpaired) electrons. The average molecular weight is 211 g/mol. The van der Waals surface area contributed by atoms with Crippen molar-refractivity contribution in [2.75, 3.05) is 0 Å². The van der Waals surface area contributed by atoms with Crippen LogP contribution in [0.1, 0.15) is 46.5 Å². The molecular formula is C12H21NO2. The second kappa shape index (κ2) is 4.96. The van der Waals surface area contributed by atoms with E-state index in [0.29, 0.717) is 5.92 Å². The average Bonchev–Trinajstić information content (AvgIpc) is 2.11. The van der Waals surface area contributed by atoms with E-state index in [-0.39, 0.29) is 6.10 Å². The Balaban J connectivity index is 2.47. The minimum absolute atomic E-state index is 0.283. The maximum atomic E-state index is 9.35. The summed E-state index contributed by atoms with van der Waals surface area (Å²) in [5.41, 5.74) is -0.735. The normalized spacial score (nSPS) is 24.7. The van der Waals surface area contributed by atoms with Crippen LogP contribution in [-0.4, -0.2) is 22.9 Å². The molecule has 0 saturated heterocycles. The molecule has 3 unspecified atom stereocenters. The quantitative estimate of drug-likeness (QED) is 0.758. The summed E-state index contributed by atoms with van der Waals surface area (Å²) in [7, 11) is 0. The van der Waals surface area contributed by atoms with Gasteiger partial charge in [0.1, 0.15) is 0 Å². The zero-order valence-corrected chi connectivity index (χ0v) is 9.86. The van der Waals surface area contributed by atoms with Crippen LogP contribution in [0.5, 0.6) is 0 Å². The van der Waals surface area contributed by atoms with Gasteiger partial charge < -0.3 is 9.84 Å². The number of rotatable bonds is 5. The number of ether oxygens (including phenoxy) is 1. The second-order valence-electron chi connectivity index (χ2n) is 4.91. The molecule has 0 heterocycles. The van der Waals surface area contributed by atoms with Gasteiger partial charge in [0.2, 0.25) is 0 Å². The first-order valence-electron chi connectivity index (χ1n) is 5.74. The minimum Gasteiger partial charge on any atom is -0.391 e. The van der Waals surface area contributed by atoms with Crippen molar-refractivity contribution < 1.29 is 9.84 Å². The fraction of sp³-hybridized carbons (Fsp3) is 0.917. The largest absolute Gasteiger partial charge is 0.391 e. The molecule has 1 N–H and O–H groups in total. The van der Waals surface area contributed by atoms with Crippen molar-refractivity contribution in [1.29, 1.82) is 5.26 Å². The molecular weight excluding hydrogens is 190 g/mol. The van der Waals surface area contributed by atoms with Gasteiger partial charge >= 0.3 is 0 Å². The zero-order valence-electron chi connectivity index (χ0n) is 9.86. The van der Waals surface area contributed by atoms with Crippen LogP contribution in [0.25, 0.3) is 0 Å². The molecule has 0 aromatic rings. The monoisotopic (exact) mass is 211 g/mol. The van der Waals surface area contributed by atoms with E-state index in [2.05, 4.69) is 6.07 Å². The number of hydrogen-bond acceptors (Lipinski definition) is 3. The Kier molecular flexibility index (Phi) is 4.12. The molecule has 1 aliphatic rings. The topological polar surface area (TPSA) is 53.2 Å². The predicted molar refractivity (Wildman–Crippen MR) is 58.2 cm³/mol. The predicted octanol–water partition coefficient (Wildman–Crippen LogP) is 2.24. The molecule has 0 spiro atoms. The van der Waals surface area contributed by atoms with E-state index in [1.165, 1.54) is 19.3 Å². The molecule has 1 aliphatic carbocycles. The van der Waals surface area contributed by atoms with Gasteiger partial charge in [-0.05, 0) is 33.1 Å². The van der Waals surface area contributed by atoms with Gasteiger partial charge in [0.05, 0.1) is 18.3 Å². The number of nitriles is 1. The Hall–Kier alpha value is -0.590. The van der Waals surface area contributed by atoms with Crippen LogP contribution >= 0.6 is 0 Å². The minimum atomic E-state index is -0.735. The highest BCUT2D eigenvalue weighted by Gasteiger charge is 2.34. The lowest BCUT2D eigenvalue weighted by Gasteiger charge is -2.34.